The lowest BCUT2D eigenvalue weighted by Gasteiger charge is -2.13. The second-order valence-corrected chi connectivity index (χ2v) is 6.40. The molecule has 1 amide bonds. The molecule has 2 aromatic carbocycles. The molecule has 0 saturated carbocycles. The third kappa shape index (κ3) is 5.32. The van der Waals surface area contributed by atoms with E-state index in [4.69, 9.17) is 45.3 Å². The molecule has 0 aromatic heterocycles. The summed E-state index contributed by atoms with van der Waals surface area (Å²) < 4.78 is 5.42. The van der Waals surface area contributed by atoms with Gasteiger partial charge in [0.1, 0.15) is 5.75 Å². The summed E-state index contributed by atoms with van der Waals surface area (Å²) in [7, 11) is 0. The summed E-state index contributed by atoms with van der Waals surface area (Å²) in [5.41, 5.74) is 0.962. The number of carboxylic acid groups (broad SMARTS) is 1. The zero-order valence-corrected chi connectivity index (χ0v) is 15.8. The Kier molecular flexibility index (Phi) is 6.79. The van der Waals surface area contributed by atoms with E-state index >= 15 is 0 Å². The van der Waals surface area contributed by atoms with E-state index in [-0.39, 0.29) is 33.0 Å². The molecule has 2 rings (SSSR count). The van der Waals surface area contributed by atoms with Gasteiger partial charge in [0.15, 0.2) is 11.7 Å². The fourth-order valence-electron chi connectivity index (χ4n) is 1.99. The van der Waals surface area contributed by atoms with Crippen molar-refractivity contribution in [3.05, 3.63) is 57.6 Å². The number of halogens is 2. The molecule has 0 bridgehead atoms. The Hall–Kier alpha value is -2.35. The number of hydrogen-bond acceptors (Lipinski definition) is 4. The highest BCUT2D eigenvalue weighted by molar-refractivity contribution is 7.80. The van der Waals surface area contributed by atoms with Gasteiger partial charge in [-0.3, -0.25) is 10.1 Å². The lowest BCUT2D eigenvalue weighted by molar-refractivity contribution is -0.121. The molecule has 26 heavy (non-hydrogen) atoms. The predicted molar refractivity (Wildman–Crippen MR) is 104 cm³/mol. The first-order valence-electron chi connectivity index (χ1n) is 7.29. The predicted octanol–water partition coefficient (Wildman–Crippen LogP) is 3.89. The molecule has 0 fully saturated rings. The molecule has 0 aliphatic carbocycles. The summed E-state index contributed by atoms with van der Waals surface area (Å²) in [5, 5.41) is 14.3. The van der Waals surface area contributed by atoms with Crippen molar-refractivity contribution in [1.82, 2.24) is 5.32 Å². The minimum Gasteiger partial charge on any atom is -0.483 e. The van der Waals surface area contributed by atoms with Gasteiger partial charge in [-0.25, -0.2) is 4.79 Å². The molecular formula is C17H14Cl2N2O4S. The van der Waals surface area contributed by atoms with E-state index in [1.165, 1.54) is 12.1 Å². The minimum atomic E-state index is -1.21. The summed E-state index contributed by atoms with van der Waals surface area (Å²) in [6.07, 6.45) is 0. The van der Waals surface area contributed by atoms with Crippen molar-refractivity contribution in [3.63, 3.8) is 0 Å². The maximum absolute atomic E-state index is 11.9. The summed E-state index contributed by atoms with van der Waals surface area (Å²) in [4.78, 5) is 23.1. The van der Waals surface area contributed by atoms with Crippen LogP contribution in [-0.4, -0.2) is 28.7 Å². The van der Waals surface area contributed by atoms with Crippen molar-refractivity contribution in [2.45, 2.75) is 6.92 Å². The number of ether oxygens (including phenoxy) is 1. The maximum atomic E-state index is 11.9. The van der Waals surface area contributed by atoms with Gasteiger partial charge in [0.2, 0.25) is 0 Å². The Labute approximate surface area is 165 Å². The van der Waals surface area contributed by atoms with Crippen LogP contribution in [0.15, 0.2) is 36.4 Å². The molecule has 0 unspecified atom stereocenters. The van der Waals surface area contributed by atoms with Crippen LogP contribution in [0.1, 0.15) is 15.9 Å². The first kappa shape index (κ1) is 20.0. The number of aryl methyl sites for hydroxylation is 1. The molecule has 0 radical (unpaired) electrons. The average Bonchev–Trinajstić information content (AvgIpc) is 2.56. The molecule has 0 atom stereocenters. The van der Waals surface area contributed by atoms with Crippen LogP contribution in [0.25, 0.3) is 0 Å². The average molecular weight is 413 g/mol. The molecule has 136 valence electrons. The van der Waals surface area contributed by atoms with Crippen LogP contribution in [0.2, 0.25) is 10.0 Å². The van der Waals surface area contributed by atoms with Crippen LogP contribution in [0.3, 0.4) is 0 Å². The van der Waals surface area contributed by atoms with Gasteiger partial charge in [0.05, 0.1) is 21.3 Å². The first-order valence-corrected chi connectivity index (χ1v) is 8.46. The fraction of sp³-hybridized carbons (Fsp3) is 0.118. The van der Waals surface area contributed by atoms with Crippen LogP contribution < -0.4 is 15.4 Å². The lowest BCUT2D eigenvalue weighted by atomic mass is 10.2. The number of para-hydroxylation sites is 1. The molecule has 9 heteroatoms. The van der Waals surface area contributed by atoms with Crippen LogP contribution >= 0.6 is 35.4 Å². The van der Waals surface area contributed by atoms with E-state index < -0.39 is 11.9 Å². The lowest BCUT2D eigenvalue weighted by Crippen LogP contribution is -2.37. The number of carbonyl (C=O) groups is 2. The number of thiocarbonyl (C=S) groups is 1. The Morgan fingerprint density at radius 2 is 1.88 bits per heavy atom. The van der Waals surface area contributed by atoms with Crippen LogP contribution in [0, 0.1) is 6.92 Å². The van der Waals surface area contributed by atoms with Crippen LogP contribution in [0.5, 0.6) is 5.75 Å². The van der Waals surface area contributed by atoms with E-state index in [1.54, 1.807) is 12.1 Å². The molecule has 0 heterocycles. The molecule has 6 nitrogen and oxygen atoms in total. The maximum Gasteiger partial charge on any atom is 0.337 e. The highest BCUT2D eigenvalue weighted by Crippen LogP contribution is 2.29. The molecule has 0 aliphatic heterocycles. The number of carboxylic acids is 1. The van der Waals surface area contributed by atoms with E-state index in [0.29, 0.717) is 5.75 Å². The first-order chi connectivity index (χ1) is 12.3. The van der Waals surface area contributed by atoms with Crippen molar-refractivity contribution >= 4 is 58.1 Å². The van der Waals surface area contributed by atoms with E-state index in [0.717, 1.165) is 5.56 Å². The summed E-state index contributed by atoms with van der Waals surface area (Å²) in [5.74, 6) is -1.10. The minimum absolute atomic E-state index is 0.00497. The highest BCUT2D eigenvalue weighted by Gasteiger charge is 2.14. The van der Waals surface area contributed by atoms with Gasteiger partial charge in [0, 0.05) is 0 Å². The molecular weight excluding hydrogens is 399 g/mol. The third-order valence-corrected chi connectivity index (χ3v) is 4.07. The van der Waals surface area contributed by atoms with Gasteiger partial charge in [-0.15, -0.1) is 0 Å². The Morgan fingerprint density at radius 3 is 2.54 bits per heavy atom. The molecule has 0 spiro atoms. The Bertz CT molecular complexity index is 874. The number of amides is 1. The molecule has 2 aromatic rings. The topological polar surface area (TPSA) is 87.7 Å². The number of nitrogens with one attached hydrogen (secondary N) is 2. The zero-order chi connectivity index (χ0) is 19.3. The van der Waals surface area contributed by atoms with E-state index in [1.807, 2.05) is 19.1 Å². The second-order valence-electron chi connectivity index (χ2n) is 5.17. The number of aromatic carboxylic acids is 1. The van der Waals surface area contributed by atoms with Gasteiger partial charge in [-0.1, -0.05) is 41.4 Å². The van der Waals surface area contributed by atoms with Crippen LogP contribution in [0.4, 0.5) is 5.69 Å². The van der Waals surface area contributed by atoms with Gasteiger partial charge in [0.25, 0.3) is 5.91 Å². The Balaban J connectivity index is 1.96. The van der Waals surface area contributed by atoms with Crippen molar-refractivity contribution in [2.75, 3.05) is 11.9 Å². The number of benzene rings is 2. The fourth-order valence-corrected chi connectivity index (χ4v) is 2.72. The number of rotatable bonds is 5. The monoisotopic (exact) mass is 412 g/mol. The third-order valence-electron chi connectivity index (χ3n) is 3.24. The quantitative estimate of drug-likeness (QED) is 0.645. The normalized spacial score (nSPS) is 10.1. The number of anilines is 1. The van der Waals surface area contributed by atoms with Crippen LogP contribution in [-0.2, 0) is 4.79 Å². The molecule has 0 saturated heterocycles. The zero-order valence-electron chi connectivity index (χ0n) is 13.5. The van der Waals surface area contributed by atoms with Crippen molar-refractivity contribution in [2.24, 2.45) is 0 Å². The largest absolute Gasteiger partial charge is 0.483 e. The van der Waals surface area contributed by atoms with Gasteiger partial charge in [-0.2, -0.15) is 0 Å². The summed E-state index contributed by atoms with van der Waals surface area (Å²) in [6.45, 7) is 1.63. The van der Waals surface area contributed by atoms with Gasteiger partial charge >= 0.3 is 5.97 Å². The van der Waals surface area contributed by atoms with Gasteiger partial charge in [-0.05, 0) is 42.9 Å². The van der Waals surface area contributed by atoms with Gasteiger partial charge < -0.3 is 15.2 Å². The summed E-state index contributed by atoms with van der Waals surface area (Å²) >= 11 is 16.9. The smallest absolute Gasteiger partial charge is 0.337 e. The van der Waals surface area contributed by atoms with Crippen molar-refractivity contribution in [1.29, 1.82) is 0 Å². The SMILES string of the molecule is Cc1ccccc1OCC(=O)NC(=S)Nc1cc(C(=O)O)c(Cl)cc1Cl. The Morgan fingerprint density at radius 1 is 1.19 bits per heavy atom. The number of hydrogen-bond donors (Lipinski definition) is 3. The van der Waals surface area contributed by atoms with E-state index in [2.05, 4.69) is 10.6 Å². The molecule has 0 aliphatic rings. The van der Waals surface area contributed by atoms with Crippen molar-refractivity contribution < 1.29 is 19.4 Å². The molecule has 3 N–H and O–H groups in total. The number of carbonyl (C=O) groups excluding carboxylic acids is 1. The highest BCUT2D eigenvalue weighted by atomic mass is 35.5. The van der Waals surface area contributed by atoms with Crippen molar-refractivity contribution in [3.8, 4) is 5.75 Å². The second kappa shape index (κ2) is 8.84. The summed E-state index contributed by atoms with van der Waals surface area (Å²) in [6, 6.07) is 9.79. The van der Waals surface area contributed by atoms with E-state index in [9.17, 15) is 9.59 Å². The standard InChI is InChI=1S/C17H14Cl2N2O4S/c1-9-4-2-3-5-14(9)25-8-15(22)21-17(26)20-13-6-10(16(23)24)11(18)7-12(13)19/h2-7H,8H2,1H3,(H,23,24)(H2,20,21,22,26).